The van der Waals surface area contributed by atoms with Crippen molar-refractivity contribution in [2.75, 3.05) is 0 Å². The standard InChI is InChI=1S/C20H23N5O4/c1-12(24-19(26)29-20(2,3)4)14-10-22-18(23-11-14)16-6-5-13-9-21-8-7-15(13)17(16)25(27)28/h5-12,16-17H,1-4H3,(H,24,26). The van der Waals surface area contributed by atoms with Crippen LogP contribution in [0, 0.1) is 10.1 Å². The van der Waals surface area contributed by atoms with Crippen molar-refractivity contribution >= 4 is 12.2 Å². The fraction of sp³-hybridized carbons (Fsp3) is 0.400. The van der Waals surface area contributed by atoms with Crippen LogP contribution in [0.15, 0.2) is 36.9 Å². The Labute approximate surface area is 168 Å². The first kappa shape index (κ1) is 20.4. The van der Waals surface area contributed by atoms with E-state index in [1.807, 2.05) is 0 Å². The Morgan fingerprint density at radius 3 is 2.59 bits per heavy atom. The molecule has 0 aliphatic heterocycles. The van der Waals surface area contributed by atoms with Crippen molar-refractivity contribution in [3.63, 3.8) is 0 Å². The molecule has 3 atom stereocenters. The quantitative estimate of drug-likeness (QED) is 0.618. The van der Waals surface area contributed by atoms with Crippen molar-refractivity contribution in [2.45, 2.75) is 51.3 Å². The third-order valence-electron chi connectivity index (χ3n) is 4.48. The van der Waals surface area contributed by atoms with Crippen molar-refractivity contribution in [2.24, 2.45) is 0 Å². The number of rotatable bonds is 4. The van der Waals surface area contributed by atoms with Gasteiger partial charge in [0.1, 0.15) is 17.3 Å². The van der Waals surface area contributed by atoms with Gasteiger partial charge in [0, 0.05) is 46.4 Å². The number of carbonyl (C=O) groups excluding carboxylic acids is 1. The predicted molar refractivity (Wildman–Crippen MR) is 106 cm³/mol. The van der Waals surface area contributed by atoms with Crippen LogP contribution < -0.4 is 5.32 Å². The minimum Gasteiger partial charge on any atom is -0.444 e. The average molecular weight is 397 g/mol. The van der Waals surface area contributed by atoms with Crippen molar-refractivity contribution < 1.29 is 14.5 Å². The Bertz CT molecular complexity index is 937. The lowest BCUT2D eigenvalue weighted by Gasteiger charge is -2.23. The summed E-state index contributed by atoms with van der Waals surface area (Å²) in [7, 11) is 0. The van der Waals surface area contributed by atoms with Crippen molar-refractivity contribution in [1.82, 2.24) is 20.3 Å². The zero-order chi connectivity index (χ0) is 21.2. The minimum absolute atomic E-state index is 0.322. The van der Waals surface area contributed by atoms with E-state index in [9.17, 15) is 14.9 Å². The number of hydrogen-bond donors (Lipinski definition) is 1. The summed E-state index contributed by atoms with van der Waals surface area (Å²) >= 11 is 0. The summed E-state index contributed by atoms with van der Waals surface area (Å²) in [6.07, 6.45) is 9.27. The molecule has 1 aliphatic carbocycles. The second-order valence-corrected chi connectivity index (χ2v) is 7.86. The second kappa shape index (κ2) is 7.94. The topological polar surface area (TPSA) is 120 Å². The maximum Gasteiger partial charge on any atom is 0.408 e. The summed E-state index contributed by atoms with van der Waals surface area (Å²) in [6.45, 7) is 7.14. The van der Waals surface area contributed by atoms with Gasteiger partial charge in [-0.15, -0.1) is 0 Å². The van der Waals surface area contributed by atoms with Gasteiger partial charge in [0.25, 0.3) is 6.04 Å². The highest BCUT2D eigenvalue weighted by atomic mass is 16.6. The van der Waals surface area contributed by atoms with Gasteiger partial charge in [0.2, 0.25) is 0 Å². The molecule has 29 heavy (non-hydrogen) atoms. The van der Waals surface area contributed by atoms with Gasteiger partial charge in [-0.1, -0.05) is 12.2 Å². The molecule has 0 spiro atoms. The molecule has 2 heterocycles. The molecule has 9 heteroatoms. The molecule has 3 unspecified atom stereocenters. The predicted octanol–water partition coefficient (Wildman–Crippen LogP) is 3.59. The zero-order valence-electron chi connectivity index (χ0n) is 16.7. The van der Waals surface area contributed by atoms with Gasteiger partial charge in [-0.2, -0.15) is 0 Å². The highest BCUT2D eigenvalue weighted by Gasteiger charge is 2.38. The van der Waals surface area contributed by atoms with Crippen LogP contribution in [-0.4, -0.2) is 31.6 Å². The first-order valence-electron chi connectivity index (χ1n) is 9.22. The van der Waals surface area contributed by atoms with Crippen molar-refractivity contribution in [3.05, 3.63) is 69.6 Å². The maximum absolute atomic E-state index is 11.9. The van der Waals surface area contributed by atoms with Gasteiger partial charge in [0.05, 0.1) is 6.04 Å². The number of nitrogens with zero attached hydrogens (tertiary/aromatic N) is 4. The first-order valence-corrected chi connectivity index (χ1v) is 9.22. The fourth-order valence-electron chi connectivity index (χ4n) is 3.12. The van der Waals surface area contributed by atoms with Crippen LogP contribution in [0.5, 0.6) is 0 Å². The highest BCUT2D eigenvalue weighted by Crippen LogP contribution is 2.39. The number of amides is 1. The van der Waals surface area contributed by atoms with Gasteiger partial charge in [-0.05, 0) is 33.8 Å². The van der Waals surface area contributed by atoms with Crippen molar-refractivity contribution in [3.8, 4) is 0 Å². The number of nitro groups is 1. The molecule has 2 aromatic heterocycles. The lowest BCUT2D eigenvalue weighted by Crippen LogP contribution is -2.34. The van der Waals surface area contributed by atoms with Gasteiger partial charge in [0.15, 0.2) is 0 Å². The zero-order valence-corrected chi connectivity index (χ0v) is 16.7. The SMILES string of the molecule is CC(NC(=O)OC(C)(C)C)c1cnc(C2C=Cc3cnccc3C2[N+](=O)[O-])nc1. The molecule has 0 fully saturated rings. The van der Waals surface area contributed by atoms with E-state index in [1.54, 1.807) is 70.7 Å². The Morgan fingerprint density at radius 2 is 1.97 bits per heavy atom. The summed E-state index contributed by atoms with van der Waals surface area (Å²) in [5, 5.41) is 14.5. The largest absolute Gasteiger partial charge is 0.444 e. The van der Waals surface area contributed by atoms with E-state index in [1.165, 1.54) is 0 Å². The molecule has 9 nitrogen and oxygen atoms in total. The summed E-state index contributed by atoms with van der Waals surface area (Å²) in [5.74, 6) is -0.248. The van der Waals surface area contributed by atoms with Crippen LogP contribution >= 0.6 is 0 Å². The number of fused-ring (bicyclic) bond motifs is 1. The summed E-state index contributed by atoms with van der Waals surface area (Å²) < 4.78 is 5.24. The molecular weight excluding hydrogens is 374 g/mol. The summed E-state index contributed by atoms with van der Waals surface area (Å²) in [5.41, 5.74) is 1.38. The second-order valence-electron chi connectivity index (χ2n) is 7.86. The molecular formula is C20H23N5O4. The van der Waals surface area contributed by atoms with Gasteiger partial charge >= 0.3 is 6.09 Å². The van der Waals surface area contributed by atoms with Gasteiger partial charge in [-0.25, -0.2) is 14.8 Å². The number of carbonyl (C=O) groups is 1. The normalized spacial score (nSPS) is 19.2. The molecule has 1 N–H and O–H groups in total. The number of hydrogen-bond acceptors (Lipinski definition) is 7. The Morgan fingerprint density at radius 1 is 1.28 bits per heavy atom. The molecule has 1 aliphatic rings. The molecule has 1 amide bonds. The monoisotopic (exact) mass is 397 g/mol. The number of alkyl carbamates (subject to hydrolysis) is 1. The van der Waals surface area contributed by atoms with Gasteiger partial charge in [-0.3, -0.25) is 15.1 Å². The lowest BCUT2D eigenvalue weighted by molar-refractivity contribution is -0.532. The Kier molecular flexibility index (Phi) is 5.58. The van der Waals surface area contributed by atoms with Crippen molar-refractivity contribution in [1.29, 1.82) is 0 Å². The van der Waals surface area contributed by atoms with E-state index < -0.39 is 23.7 Å². The molecule has 0 radical (unpaired) electrons. The number of aromatic nitrogens is 3. The molecule has 0 bridgehead atoms. The van der Waals surface area contributed by atoms with Crippen LogP contribution in [0.2, 0.25) is 0 Å². The smallest absolute Gasteiger partial charge is 0.408 e. The molecule has 152 valence electrons. The van der Waals surface area contributed by atoms with Crippen LogP contribution in [0.3, 0.4) is 0 Å². The summed E-state index contributed by atoms with van der Waals surface area (Å²) in [4.78, 5) is 36.0. The van der Waals surface area contributed by atoms with E-state index >= 15 is 0 Å². The van der Waals surface area contributed by atoms with Crippen LogP contribution in [0.1, 0.15) is 68.2 Å². The van der Waals surface area contributed by atoms with E-state index in [0.717, 1.165) is 5.56 Å². The molecule has 0 aromatic carbocycles. The van der Waals surface area contributed by atoms with Crippen LogP contribution in [0.4, 0.5) is 4.79 Å². The Balaban J connectivity index is 1.78. The van der Waals surface area contributed by atoms with E-state index in [4.69, 9.17) is 4.74 Å². The number of nitrogens with one attached hydrogen (secondary N) is 1. The third kappa shape index (κ3) is 4.74. The lowest BCUT2D eigenvalue weighted by atomic mass is 9.85. The number of pyridine rings is 1. The minimum atomic E-state index is -0.985. The van der Waals surface area contributed by atoms with Gasteiger partial charge < -0.3 is 10.1 Å². The average Bonchev–Trinajstić information content (AvgIpc) is 2.65. The Hall–Kier alpha value is -3.36. The molecule has 2 aromatic rings. The maximum atomic E-state index is 11.9. The fourth-order valence-corrected chi connectivity index (χ4v) is 3.12. The van der Waals surface area contributed by atoms with E-state index in [-0.39, 0.29) is 11.0 Å². The van der Waals surface area contributed by atoms with E-state index in [2.05, 4.69) is 20.3 Å². The first-order chi connectivity index (χ1) is 13.7. The third-order valence-corrected chi connectivity index (χ3v) is 4.48. The van der Waals surface area contributed by atoms with Crippen LogP contribution in [-0.2, 0) is 4.74 Å². The molecule has 0 saturated carbocycles. The molecule has 0 saturated heterocycles. The van der Waals surface area contributed by atoms with Crippen LogP contribution in [0.25, 0.3) is 6.08 Å². The summed E-state index contributed by atoms with van der Waals surface area (Å²) in [6, 6.07) is 0.292. The highest BCUT2D eigenvalue weighted by molar-refractivity contribution is 5.68. The number of ether oxygens (including phenoxy) is 1. The molecule has 3 rings (SSSR count). The van der Waals surface area contributed by atoms with E-state index in [0.29, 0.717) is 17.0 Å².